The lowest BCUT2D eigenvalue weighted by atomic mass is 10.2. The Kier molecular flexibility index (Phi) is 4.85. The number of halogens is 3. The number of hydrogen-bond acceptors (Lipinski definition) is 4. The summed E-state index contributed by atoms with van der Waals surface area (Å²) in [6, 6.07) is 11.5. The van der Waals surface area contributed by atoms with Crippen molar-refractivity contribution < 1.29 is 13.6 Å². The lowest BCUT2D eigenvalue weighted by molar-refractivity contribution is 0.102. The van der Waals surface area contributed by atoms with E-state index in [4.69, 9.17) is 11.6 Å². The summed E-state index contributed by atoms with van der Waals surface area (Å²) < 4.78 is 27.2. The van der Waals surface area contributed by atoms with E-state index in [1.165, 1.54) is 18.3 Å². The molecule has 0 fully saturated rings. The molecule has 3 rings (SSSR count). The third-order valence-corrected chi connectivity index (χ3v) is 3.41. The Morgan fingerprint density at radius 1 is 1.04 bits per heavy atom. The number of nitrogens with one attached hydrogen (secondary N) is 2. The van der Waals surface area contributed by atoms with Crippen molar-refractivity contribution in [2.24, 2.45) is 0 Å². The summed E-state index contributed by atoms with van der Waals surface area (Å²) in [5.74, 6) is -2.37. The molecule has 0 aliphatic heterocycles. The first-order chi connectivity index (χ1) is 12.0. The van der Waals surface area contributed by atoms with Crippen LogP contribution in [0.15, 0.2) is 54.7 Å². The number of para-hydroxylation sites is 1. The quantitative estimate of drug-likeness (QED) is 0.723. The average molecular weight is 361 g/mol. The van der Waals surface area contributed by atoms with E-state index in [0.29, 0.717) is 10.7 Å². The van der Waals surface area contributed by atoms with Crippen molar-refractivity contribution in [2.45, 2.75) is 0 Å². The maximum Gasteiger partial charge on any atom is 0.274 e. The van der Waals surface area contributed by atoms with E-state index in [1.807, 2.05) is 0 Å². The molecule has 8 heteroatoms. The third-order valence-electron chi connectivity index (χ3n) is 3.17. The topological polar surface area (TPSA) is 66.9 Å². The molecule has 1 amide bonds. The molecule has 2 aromatic carbocycles. The zero-order valence-electron chi connectivity index (χ0n) is 12.6. The molecule has 5 nitrogen and oxygen atoms in total. The van der Waals surface area contributed by atoms with E-state index in [9.17, 15) is 13.6 Å². The number of benzene rings is 2. The first-order valence-corrected chi connectivity index (χ1v) is 7.52. The van der Waals surface area contributed by atoms with E-state index < -0.39 is 23.2 Å². The highest BCUT2D eigenvalue weighted by atomic mass is 35.5. The van der Waals surface area contributed by atoms with Gasteiger partial charge in [0.05, 0.1) is 0 Å². The fraction of sp³-hybridized carbons (Fsp3) is 0. The maximum absolute atomic E-state index is 13.6. The van der Waals surface area contributed by atoms with Crippen molar-refractivity contribution in [3.63, 3.8) is 0 Å². The average Bonchev–Trinajstić information content (AvgIpc) is 2.58. The molecule has 25 heavy (non-hydrogen) atoms. The molecule has 0 saturated heterocycles. The van der Waals surface area contributed by atoms with Crippen molar-refractivity contribution in [2.75, 3.05) is 10.6 Å². The number of hydrogen-bond donors (Lipinski definition) is 2. The van der Waals surface area contributed by atoms with Crippen LogP contribution < -0.4 is 10.6 Å². The number of anilines is 3. The van der Waals surface area contributed by atoms with Gasteiger partial charge in [-0.2, -0.15) is 0 Å². The zero-order chi connectivity index (χ0) is 17.8. The van der Waals surface area contributed by atoms with Crippen molar-refractivity contribution in [1.82, 2.24) is 9.97 Å². The van der Waals surface area contributed by atoms with Crippen LogP contribution in [0.2, 0.25) is 5.02 Å². The summed E-state index contributed by atoms with van der Waals surface area (Å²) in [7, 11) is 0. The first-order valence-electron chi connectivity index (χ1n) is 7.14. The first kappa shape index (κ1) is 16.8. The lowest BCUT2D eigenvalue weighted by Gasteiger charge is -2.09. The molecule has 0 bridgehead atoms. The molecule has 0 atom stereocenters. The molecular weight excluding hydrogens is 350 g/mol. The number of aromatic nitrogens is 2. The van der Waals surface area contributed by atoms with Crippen LogP contribution in [0, 0.1) is 11.6 Å². The van der Waals surface area contributed by atoms with Crippen LogP contribution in [0.1, 0.15) is 10.5 Å². The standard InChI is InChI=1S/C17H11ClF2N4O/c18-10-3-1-4-11(9-10)22-17-21-8-7-14(23-17)16(25)24-15-12(19)5-2-6-13(15)20/h1-9H,(H,24,25)(H,21,22,23). The number of nitrogens with zero attached hydrogens (tertiary/aromatic N) is 2. The molecule has 3 aromatic rings. The molecule has 2 N–H and O–H groups in total. The van der Waals surface area contributed by atoms with Crippen LogP contribution in [0.4, 0.5) is 26.1 Å². The number of carbonyl (C=O) groups is 1. The summed E-state index contributed by atoms with van der Waals surface area (Å²) in [4.78, 5) is 20.2. The fourth-order valence-corrected chi connectivity index (χ4v) is 2.23. The van der Waals surface area contributed by atoms with Crippen molar-refractivity contribution >= 4 is 34.8 Å². The van der Waals surface area contributed by atoms with Crippen LogP contribution >= 0.6 is 11.6 Å². The summed E-state index contributed by atoms with van der Waals surface area (Å²) >= 11 is 5.90. The molecule has 0 spiro atoms. The van der Waals surface area contributed by atoms with Gasteiger partial charge in [0, 0.05) is 16.9 Å². The predicted octanol–water partition coefficient (Wildman–Crippen LogP) is 4.40. The Hall–Kier alpha value is -3.06. The van der Waals surface area contributed by atoms with Crippen LogP contribution in [0.25, 0.3) is 0 Å². The Morgan fingerprint density at radius 2 is 1.76 bits per heavy atom. The second-order valence-corrected chi connectivity index (χ2v) is 5.39. The van der Waals surface area contributed by atoms with Gasteiger partial charge >= 0.3 is 0 Å². The third kappa shape index (κ3) is 4.07. The van der Waals surface area contributed by atoms with Crippen LogP contribution in [0.5, 0.6) is 0 Å². The Balaban J connectivity index is 1.80. The van der Waals surface area contributed by atoms with Crippen molar-refractivity contribution in [3.8, 4) is 0 Å². The van der Waals surface area contributed by atoms with Crippen molar-refractivity contribution in [1.29, 1.82) is 0 Å². The molecule has 0 radical (unpaired) electrons. The number of amides is 1. The second kappa shape index (κ2) is 7.23. The van der Waals surface area contributed by atoms with Gasteiger partial charge in [-0.05, 0) is 36.4 Å². The van der Waals surface area contributed by atoms with Gasteiger partial charge in [0.25, 0.3) is 5.91 Å². The Morgan fingerprint density at radius 3 is 2.48 bits per heavy atom. The fourth-order valence-electron chi connectivity index (χ4n) is 2.04. The number of rotatable bonds is 4. The summed E-state index contributed by atoms with van der Waals surface area (Å²) in [6.07, 6.45) is 1.35. The molecule has 1 heterocycles. The molecular formula is C17H11ClF2N4O. The summed E-state index contributed by atoms with van der Waals surface area (Å²) in [5, 5.41) is 5.58. The van der Waals surface area contributed by atoms with E-state index >= 15 is 0 Å². The predicted molar refractivity (Wildman–Crippen MR) is 91.1 cm³/mol. The van der Waals surface area contributed by atoms with Gasteiger partial charge in [0.2, 0.25) is 5.95 Å². The highest BCUT2D eigenvalue weighted by Gasteiger charge is 2.15. The number of carbonyl (C=O) groups excluding carboxylic acids is 1. The Labute approximate surface area is 146 Å². The normalized spacial score (nSPS) is 10.4. The SMILES string of the molecule is O=C(Nc1c(F)cccc1F)c1ccnc(Nc2cccc(Cl)c2)n1. The summed E-state index contributed by atoms with van der Waals surface area (Å²) in [5.41, 5.74) is 0.0443. The highest BCUT2D eigenvalue weighted by Crippen LogP contribution is 2.20. The molecule has 0 aliphatic rings. The van der Waals surface area contributed by atoms with Gasteiger partial charge < -0.3 is 10.6 Å². The molecule has 126 valence electrons. The highest BCUT2D eigenvalue weighted by molar-refractivity contribution is 6.30. The monoisotopic (exact) mass is 360 g/mol. The van der Waals surface area contributed by atoms with Gasteiger partial charge in [0.15, 0.2) is 0 Å². The second-order valence-electron chi connectivity index (χ2n) is 4.95. The minimum atomic E-state index is -0.875. The largest absolute Gasteiger partial charge is 0.324 e. The van der Waals surface area contributed by atoms with E-state index in [2.05, 4.69) is 20.6 Å². The molecule has 0 aliphatic carbocycles. The minimum Gasteiger partial charge on any atom is -0.324 e. The van der Waals surface area contributed by atoms with Crippen LogP contribution in [0.3, 0.4) is 0 Å². The van der Waals surface area contributed by atoms with E-state index in [-0.39, 0.29) is 11.6 Å². The van der Waals surface area contributed by atoms with Crippen molar-refractivity contribution in [3.05, 3.63) is 77.1 Å². The van der Waals surface area contributed by atoms with Gasteiger partial charge in [-0.3, -0.25) is 4.79 Å². The maximum atomic E-state index is 13.6. The van der Waals surface area contributed by atoms with Crippen LogP contribution in [-0.2, 0) is 0 Å². The van der Waals surface area contributed by atoms with E-state index in [0.717, 1.165) is 12.1 Å². The smallest absolute Gasteiger partial charge is 0.274 e. The van der Waals surface area contributed by atoms with Crippen LogP contribution in [-0.4, -0.2) is 15.9 Å². The zero-order valence-corrected chi connectivity index (χ0v) is 13.4. The van der Waals surface area contributed by atoms with Gasteiger partial charge in [-0.1, -0.05) is 23.7 Å². The van der Waals surface area contributed by atoms with E-state index in [1.54, 1.807) is 24.3 Å². The lowest BCUT2D eigenvalue weighted by Crippen LogP contribution is -2.16. The summed E-state index contributed by atoms with van der Waals surface area (Å²) in [6.45, 7) is 0. The van der Waals surface area contributed by atoms with Gasteiger partial charge in [0.1, 0.15) is 23.0 Å². The Bertz CT molecular complexity index is 916. The van der Waals surface area contributed by atoms with Gasteiger partial charge in [-0.25, -0.2) is 18.7 Å². The molecule has 0 saturated carbocycles. The minimum absolute atomic E-state index is 0.0535. The molecule has 0 unspecified atom stereocenters. The molecule has 1 aromatic heterocycles. The van der Waals surface area contributed by atoms with Gasteiger partial charge in [-0.15, -0.1) is 0 Å².